The Kier molecular flexibility index (Phi) is 4.56. The molecule has 88 valence electrons. The van der Waals surface area contributed by atoms with Crippen molar-refractivity contribution in [3.05, 3.63) is 42.0 Å². The molecule has 0 aliphatic carbocycles. The molecule has 1 atom stereocenters. The van der Waals surface area contributed by atoms with Crippen LogP contribution >= 0.6 is 0 Å². The highest BCUT2D eigenvalue weighted by molar-refractivity contribution is 5.55. The van der Waals surface area contributed by atoms with E-state index in [1.165, 1.54) is 0 Å². The van der Waals surface area contributed by atoms with E-state index >= 15 is 0 Å². The zero-order valence-corrected chi connectivity index (χ0v) is 10.4. The van der Waals surface area contributed by atoms with E-state index in [4.69, 9.17) is 0 Å². The Morgan fingerprint density at radius 2 is 2.06 bits per heavy atom. The molecule has 16 heavy (non-hydrogen) atoms. The molecule has 0 bridgehead atoms. The minimum Gasteiger partial charge on any atom is -0.389 e. The summed E-state index contributed by atoms with van der Waals surface area (Å²) in [5.41, 5.74) is 3.20. The Hall–Kier alpha value is -1.28. The molecule has 1 rings (SSSR count). The first kappa shape index (κ1) is 12.8. The molecule has 0 saturated carbocycles. The number of hydrogen-bond acceptors (Lipinski definition) is 2. The number of benzene rings is 1. The molecule has 1 N–H and O–H groups in total. The largest absolute Gasteiger partial charge is 0.389 e. The van der Waals surface area contributed by atoms with Crippen LogP contribution in [0.4, 0.5) is 5.69 Å². The fourth-order valence-corrected chi connectivity index (χ4v) is 1.82. The van der Waals surface area contributed by atoms with Crippen molar-refractivity contribution >= 4 is 5.69 Å². The maximum absolute atomic E-state index is 9.73. The zero-order chi connectivity index (χ0) is 12.1. The van der Waals surface area contributed by atoms with Gasteiger partial charge < -0.3 is 10.0 Å². The number of para-hydroxylation sites is 1. The molecule has 0 unspecified atom stereocenters. The smallest absolute Gasteiger partial charge is 0.0781 e. The summed E-state index contributed by atoms with van der Waals surface area (Å²) in [6, 6.07) is 7.98. The summed E-state index contributed by atoms with van der Waals surface area (Å²) in [6.07, 6.45) is -0.435. The van der Waals surface area contributed by atoms with Crippen LogP contribution in [0.3, 0.4) is 0 Å². The second kappa shape index (κ2) is 5.71. The summed E-state index contributed by atoms with van der Waals surface area (Å²) in [5.74, 6) is 0. The summed E-state index contributed by atoms with van der Waals surface area (Å²) in [7, 11) is 0. The quantitative estimate of drug-likeness (QED) is 0.769. The van der Waals surface area contributed by atoms with Gasteiger partial charge in [0, 0.05) is 24.3 Å². The van der Waals surface area contributed by atoms with Crippen molar-refractivity contribution in [2.45, 2.75) is 26.9 Å². The van der Waals surface area contributed by atoms with Gasteiger partial charge in [0.1, 0.15) is 0 Å². The van der Waals surface area contributed by atoms with Crippen LogP contribution in [0.5, 0.6) is 0 Å². The summed E-state index contributed by atoms with van der Waals surface area (Å²) >= 11 is 0. The van der Waals surface area contributed by atoms with Gasteiger partial charge in [0.2, 0.25) is 0 Å². The summed E-state index contributed by atoms with van der Waals surface area (Å²) in [4.78, 5) is 2.23. The Morgan fingerprint density at radius 1 is 1.44 bits per heavy atom. The maximum atomic E-state index is 9.73. The number of rotatable bonds is 5. The molecule has 1 aromatic rings. The maximum Gasteiger partial charge on any atom is 0.0781 e. The van der Waals surface area contributed by atoms with Crippen LogP contribution in [0.1, 0.15) is 32.4 Å². The molecular formula is C14H21NO. The number of anilines is 1. The summed E-state index contributed by atoms with van der Waals surface area (Å²) in [6.45, 7) is 11.6. The number of aliphatic hydroxyl groups excluding tert-OH is 1. The molecule has 0 aromatic heterocycles. The molecule has 0 heterocycles. The number of nitrogens with zero attached hydrogens (tertiary/aromatic N) is 1. The Morgan fingerprint density at radius 3 is 2.56 bits per heavy atom. The van der Waals surface area contributed by atoms with Gasteiger partial charge in [-0.25, -0.2) is 0 Å². The van der Waals surface area contributed by atoms with E-state index in [0.717, 1.165) is 29.9 Å². The van der Waals surface area contributed by atoms with E-state index in [1.807, 2.05) is 25.1 Å². The van der Waals surface area contributed by atoms with Gasteiger partial charge in [-0.05, 0) is 26.8 Å². The normalized spacial score (nSPS) is 12.2. The van der Waals surface area contributed by atoms with Crippen LogP contribution in [-0.4, -0.2) is 18.2 Å². The second-order valence-corrected chi connectivity index (χ2v) is 4.21. The van der Waals surface area contributed by atoms with Gasteiger partial charge in [-0.2, -0.15) is 0 Å². The van der Waals surface area contributed by atoms with E-state index in [9.17, 15) is 5.11 Å². The Balaban J connectivity index is 3.03. The Bertz CT molecular complexity index is 358. The number of hydrogen-bond donors (Lipinski definition) is 1. The van der Waals surface area contributed by atoms with Crippen LogP contribution < -0.4 is 4.90 Å². The number of aliphatic hydroxyl groups is 1. The average Bonchev–Trinajstić information content (AvgIpc) is 2.25. The molecule has 0 spiro atoms. The van der Waals surface area contributed by atoms with Gasteiger partial charge in [0.15, 0.2) is 0 Å². The molecule has 0 saturated heterocycles. The van der Waals surface area contributed by atoms with Crippen LogP contribution in [-0.2, 0) is 0 Å². The topological polar surface area (TPSA) is 23.5 Å². The molecule has 2 nitrogen and oxygen atoms in total. The van der Waals surface area contributed by atoms with Crippen molar-refractivity contribution in [1.29, 1.82) is 0 Å². The minimum absolute atomic E-state index is 0.435. The van der Waals surface area contributed by atoms with Crippen LogP contribution in [0.25, 0.3) is 0 Å². The molecule has 0 radical (unpaired) electrons. The SMILES string of the molecule is C=C(C)CN(CC)c1ccccc1[C@H](C)O. The first-order chi connectivity index (χ1) is 7.56. The number of likely N-dealkylation sites (N-methyl/N-ethyl adjacent to an activating group) is 1. The zero-order valence-electron chi connectivity index (χ0n) is 10.4. The highest BCUT2D eigenvalue weighted by atomic mass is 16.3. The molecule has 0 amide bonds. The van der Waals surface area contributed by atoms with Crippen molar-refractivity contribution in [3.8, 4) is 0 Å². The van der Waals surface area contributed by atoms with Crippen molar-refractivity contribution in [2.24, 2.45) is 0 Å². The van der Waals surface area contributed by atoms with Gasteiger partial charge in [0.25, 0.3) is 0 Å². The standard InChI is InChI=1S/C14H21NO/c1-5-15(10-11(2)3)14-9-7-6-8-13(14)12(4)16/h6-9,12,16H,2,5,10H2,1,3-4H3/t12-/m0/s1. The third kappa shape index (κ3) is 3.11. The highest BCUT2D eigenvalue weighted by Gasteiger charge is 2.12. The molecule has 0 aliphatic rings. The molecule has 2 heteroatoms. The molecule has 0 aliphatic heterocycles. The van der Waals surface area contributed by atoms with E-state index in [2.05, 4.69) is 24.5 Å². The first-order valence-corrected chi connectivity index (χ1v) is 5.72. The van der Waals surface area contributed by atoms with Gasteiger partial charge >= 0.3 is 0 Å². The molecule has 0 fully saturated rings. The van der Waals surface area contributed by atoms with Crippen LogP contribution in [0.15, 0.2) is 36.4 Å². The summed E-state index contributed by atoms with van der Waals surface area (Å²) in [5, 5.41) is 9.73. The van der Waals surface area contributed by atoms with E-state index in [-0.39, 0.29) is 0 Å². The van der Waals surface area contributed by atoms with Crippen molar-refractivity contribution in [3.63, 3.8) is 0 Å². The second-order valence-electron chi connectivity index (χ2n) is 4.21. The van der Waals surface area contributed by atoms with Crippen molar-refractivity contribution in [2.75, 3.05) is 18.0 Å². The lowest BCUT2D eigenvalue weighted by Gasteiger charge is -2.26. The lowest BCUT2D eigenvalue weighted by molar-refractivity contribution is 0.199. The third-order valence-corrected chi connectivity index (χ3v) is 2.57. The molecular weight excluding hydrogens is 198 g/mol. The monoisotopic (exact) mass is 219 g/mol. The van der Waals surface area contributed by atoms with Crippen molar-refractivity contribution in [1.82, 2.24) is 0 Å². The van der Waals surface area contributed by atoms with Crippen LogP contribution in [0, 0.1) is 0 Å². The molecule has 1 aromatic carbocycles. The van der Waals surface area contributed by atoms with Crippen molar-refractivity contribution < 1.29 is 5.11 Å². The first-order valence-electron chi connectivity index (χ1n) is 5.72. The fraction of sp³-hybridized carbons (Fsp3) is 0.429. The van der Waals surface area contributed by atoms with Gasteiger partial charge in [-0.3, -0.25) is 0 Å². The average molecular weight is 219 g/mol. The Labute approximate surface area is 98.2 Å². The third-order valence-electron chi connectivity index (χ3n) is 2.57. The van der Waals surface area contributed by atoms with E-state index in [1.54, 1.807) is 6.92 Å². The van der Waals surface area contributed by atoms with Crippen LogP contribution in [0.2, 0.25) is 0 Å². The predicted molar refractivity (Wildman–Crippen MR) is 69.8 cm³/mol. The van der Waals surface area contributed by atoms with Gasteiger partial charge in [-0.1, -0.05) is 30.4 Å². The highest BCUT2D eigenvalue weighted by Crippen LogP contribution is 2.26. The van der Waals surface area contributed by atoms with Gasteiger partial charge in [-0.15, -0.1) is 0 Å². The van der Waals surface area contributed by atoms with Gasteiger partial charge in [0.05, 0.1) is 6.10 Å². The lowest BCUT2D eigenvalue weighted by atomic mass is 10.1. The predicted octanol–water partition coefficient (Wildman–Crippen LogP) is 3.14. The lowest BCUT2D eigenvalue weighted by Crippen LogP contribution is -2.25. The fourth-order valence-electron chi connectivity index (χ4n) is 1.82. The van der Waals surface area contributed by atoms with E-state index in [0.29, 0.717) is 0 Å². The van der Waals surface area contributed by atoms with E-state index < -0.39 is 6.10 Å². The minimum atomic E-state index is -0.435. The summed E-state index contributed by atoms with van der Waals surface area (Å²) < 4.78 is 0.